The average molecular weight is 224 g/mol. The molecular formula is C12H10F2O2. The second-order valence-electron chi connectivity index (χ2n) is 3.02. The van der Waals surface area contributed by atoms with Gasteiger partial charge in [-0.15, -0.1) is 0 Å². The third-order valence-corrected chi connectivity index (χ3v) is 1.85. The Bertz CT molecular complexity index is 470. The summed E-state index contributed by atoms with van der Waals surface area (Å²) in [5.74, 6) is 1.80. The fourth-order valence-electron chi connectivity index (χ4n) is 1.05. The summed E-state index contributed by atoms with van der Waals surface area (Å²) in [5, 5.41) is 0. The van der Waals surface area contributed by atoms with Gasteiger partial charge in [0.1, 0.15) is 11.6 Å². The maximum absolute atomic E-state index is 13.4. The van der Waals surface area contributed by atoms with Gasteiger partial charge in [0.15, 0.2) is 0 Å². The van der Waals surface area contributed by atoms with Crippen molar-refractivity contribution in [2.75, 3.05) is 6.61 Å². The van der Waals surface area contributed by atoms with Gasteiger partial charge in [0.25, 0.3) is 0 Å². The monoisotopic (exact) mass is 224 g/mol. The molecule has 0 unspecified atom stereocenters. The molecule has 1 rings (SSSR count). The fourth-order valence-corrected chi connectivity index (χ4v) is 1.05. The van der Waals surface area contributed by atoms with Crippen molar-refractivity contribution in [2.24, 2.45) is 0 Å². The van der Waals surface area contributed by atoms with E-state index in [1.54, 1.807) is 6.92 Å². The van der Waals surface area contributed by atoms with E-state index in [2.05, 4.69) is 10.7 Å². The minimum atomic E-state index is -0.803. The largest absolute Gasteiger partial charge is 0.456 e. The zero-order valence-electron chi connectivity index (χ0n) is 8.93. The van der Waals surface area contributed by atoms with Gasteiger partial charge in [-0.1, -0.05) is 6.07 Å². The lowest BCUT2D eigenvalue weighted by molar-refractivity contribution is -0.136. The number of ether oxygens (including phenoxy) is 1. The molecule has 84 valence electrons. The summed E-state index contributed by atoms with van der Waals surface area (Å²) >= 11 is 0. The van der Waals surface area contributed by atoms with Gasteiger partial charge in [-0.05, 0) is 31.4 Å². The van der Waals surface area contributed by atoms with E-state index in [-0.39, 0.29) is 12.2 Å². The maximum Gasteiger partial charge on any atom is 0.384 e. The molecule has 0 saturated carbocycles. The topological polar surface area (TPSA) is 26.3 Å². The summed E-state index contributed by atoms with van der Waals surface area (Å²) in [6, 6.07) is 2.41. The molecule has 2 nitrogen and oxygen atoms in total. The quantitative estimate of drug-likeness (QED) is 0.540. The normalized spacial score (nSPS) is 9.25. The first kappa shape index (κ1) is 12.2. The number of halogens is 2. The van der Waals surface area contributed by atoms with E-state index in [4.69, 9.17) is 0 Å². The standard InChI is InChI=1S/C12H10F2O2/c1-3-16-11(15)7-5-9-10(13)6-4-8(2)12(9)14/h4,6H,3H2,1-2H3. The molecule has 0 radical (unpaired) electrons. The lowest BCUT2D eigenvalue weighted by Crippen LogP contribution is -2.00. The van der Waals surface area contributed by atoms with Gasteiger partial charge in [0.2, 0.25) is 0 Å². The summed E-state index contributed by atoms with van der Waals surface area (Å²) in [6.45, 7) is 3.28. The Hall–Kier alpha value is -1.89. The van der Waals surface area contributed by atoms with Crippen LogP contribution in [-0.4, -0.2) is 12.6 Å². The van der Waals surface area contributed by atoms with Crippen LogP contribution in [0, 0.1) is 30.4 Å². The highest BCUT2D eigenvalue weighted by atomic mass is 19.1. The summed E-state index contributed by atoms with van der Waals surface area (Å²) in [6.07, 6.45) is 0. The highest BCUT2D eigenvalue weighted by Crippen LogP contribution is 2.14. The summed E-state index contributed by atoms with van der Waals surface area (Å²) in [5.41, 5.74) is -0.136. The van der Waals surface area contributed by atoms with Crippen molar-refractivity contribution in [1.29, 1.82) is 0 Å². The van der Waals surface area contributed by atoms with Crippen LogP contribution in [0.25, 0.3) is 0 Å². The highest BCUT2D eigenvalue weighted by Gasteiger charge is 2.09. The zero-order chi connectivity index (χ0) is 12.1. The van der Waals surface area contributed by atoms with Crippen molar-refractivity contribution in [3.63, 3.8) is 0 Å². The van der Waals surface area contributed by atoms with E-state index in [1.165, 1.54) is 13.0 Å². The minimum Gasteiger partial charge on any atom is -0.456 e. The number of carbonyl (C=O) groups is 1. The van der Waals surface area contributed by atoms with Gasteiger partial charge in [-0.25, -0.2) is 13.6 Å². The molecule has 0 fully saturated rings. The second kappa shape index (κ2) is 5.26. The van der Waals surface area contributed by atoms with Crippen LogP contribution in [0.2, 0.25) is 0 Å². The molecule has 16 heavy (non-hydrogen) atoms. The third-order valence-electron chi connectivity index (χ3n) is 1.85. The molecule has 1 aromatic rings. The fraction of sp³-hybridized carbons (Fsp3) is 0.250. The Morgan fingerprint density at radius 2 is 2.12 bits per heavy atom. The van der Waals surface area contributed by atoms with Crippen molar-refractivity contribution in [2.45, 2.75) is 13.8 Å². The number of esters is 1. The molecule has 1 aromatic carbocycles. The van der Waals surface area contributed by atoms with Gasteiger partial charge >= 0.3 is 5.97 Å². The van der Waals surface area contributed by atoms with Crippen LogP contribution in [0.3, 0.4) is 0 Å². The summed E-state index contributed by atoms with van der Waals surface area (Å²) < 4.78 is 31.1. The number of rotatable bonds is 1. The molecule has 0 saturated heterocycles. The number of hydrogen-bond donors (Lipinski definition) is 0. The average Bonchev–Trinajstić information content (AvgIpc) is 2.24. The van der Waals surface area contributed by atoms with Crippen LogP contribution >= 0.6 is 0 Å². The van der Waals surface area contributed by atoms with Crippen LogP contribution in [0.4, 0.5) is 8.78 Å². The third kappa shape index (κ3) is 2.80. The first-order valence-corrected chi connectivity index (χ1v) is 4.69. The molecule has 0 aromatic heterocycles. The Kier molecular flexibility index (Phi) is 4.01. The van der Waals surface area contributed by atoms with Crippen molar-refractivity contribution in [3.05, 3.63) is 34.9 Å². The molecule has 0 aliphatic heterocycles. The van der Waals surface area contributed by atoms with Crippen molar-refractivity contribution in [3.8, 4) is 11.8 Å². The van der Waals surface area contributed by atoms with E-state index >= 15 is 0 Å². The number of aryl methyl sites for hydroxylation is 1. The predicted molar refractivity (Wildman–Crippen MR) is 54.6 cm³/mol. The first-order valence-electron chi connectivity index (χ1n) is 4.69. The van der Waals surface area contributed by atoms with Gasteiger partial charge < -0.3 is 4.74 Å². The van der Waals surface area contributed by atoms with E-state index in [9.17, 15) is 13.6 Å². The zero-order valence-corrected chi connectivity index (χ0v) is 8.93. The number of benzene rings is 1. The van der Waals surface area contributed by atoms with Crippen LogP contribution in [0.1, 0.15) is 18.1 Å². The van der Waals surface area contributed by atoms with Crippen molar-refractivity contribution < 1.29 is 18.3 Å². The molecule has 0 N–H and O–H groups in total. The van der Waals surface area contributed by atoms with E-state index in [0.29, 0.717) is 0 Å². The minimum absolute atomic E-state index is 0.173. The van der Waals surface area contributed by atoms with E-state index in [1.807, 2.05) is 5.92 Å². The Morgan fingerprint density at radius 1 is 1.44 bits per heavy atom. The van der Waals surface area contributed by atoms with Gasteiger partial charge in [0, 0.05) is 5.92 Å². The van der Waals surface area contributed by atoms with Crippen molar-refractivity contribution in [1.82, 2.24) is 0 Å². The number of hydrogen-bond acceptors (Lipinski definition) is 2. The lowest BCUT2D eigenvalue weighted by atomic mass is 10.1. The summed E-state index contributed by atoms with van der Waals surface area (Å²) in [4.78, 5) is 10.9. The molecule has 0 aliphatic carbocycles. The lowest BCUT2D eigenvalue weighted by Gasteiger charge is -1.99. The van der Waals surface area contributed by atoms with Crippen LogP contribution in [-0.2, 0) is 9.53 Å². The molecule has 0 spiro atoms. The smallest absolute Gasteiger partial charge is 0.384 e. The van der Waals surface area contributed by atoms with Gasteiger partial charge in [-0.3, -0.25) is 0 Å². The van der Waals surface area contributed by atoms with E-state index < -0.39 is 23.2 Å². The van der Waals surface area contributed by atoms with Crippen molar-refractivity contribution >= 4 is 5.97 Å². The van der Waals surface area contributed by atoms with Gasteiger partial charge in [-0.2, -0.15) is 0 Å². The molecule has 0 bridgehead atoms. The maximum atomic E-state index is 13.4. The molecule has 0 heterocycles. The molecule has 0 aliphatic rings. The van der Waals surface area contributed by atoms with Crippen LogP contribution in [0.15, 0.2) is 12.1 Å². The molecule has 0 amide bonds. The Balaban J connectivity index is 3.05. The molecule has 4 heteroatoms. The van der Waals surface area contributed by atoms with Crippen LogP contribution in [0.5, 0.6) is 0 Å². The number of carbonyl (C=O) groups excluding carboxylic acids is 1. The van der Waals surface area contributed by atoms with Gasteiger partial charge in [0.05, 0.1) is 12.2 Å². The Morgan fingerprint density at radius 3 is 2.75 bits per heavy atom. The highest BCUT2D eigenvalue weighted by molar-refractivity contribution is 5.89. The van der Waals surface area contributed by atoms with Crippen LogP contribution < -0.4 is 0 Å². The summed E-state index contributed by atoms with van der Waals surface area (Å²) in [7, 11) is 0. The second-order valence-corrected chi connectivity index (χ2v) is 3.02. The SMILES string of the molecule is CCOC(=O)C#Cc1c(F)ccc(C)c1F. The molecule has 0 atom stereocenters. The molecular weight excluding hydrogens is 214 g/mol. The van der Waals surface area contributed by atoms with E-state index in [0.717, 1.165) is 6.07 Å². The predicted octanol–water partition coefficient (Wildman–Crippen LogP) is 2.19. The Labute approximate surface area is 92.2 Å². The first-order chi connectivity index (χ1) is 7.56.